The van der Waals surface area contributed by atoms with Crippen LogP contribution in [0.15, 0.2) is 12.1 Å². The minimum Gasteiger partial charge on any atom is -0.496 e. The molecule has 0 N–H and O–H groups in total. The molecule has 0 unspecified atom stereocenters. The van der Waals surface area contributed by atoms with Crippen molar-refractivity contribution in [1.29, 1.82) is 0 Å². The predicted octanol–water partition coefficient (Wildman–Crippen LogP) is 3.78. The maximum Gasteiger partial charge on any atom is 0.415 e. The summed E-state index contributed by atoms with van der Waals surface area (Å²) >= 11 is 0. The molecule has 0 saturated carbocycles. The molecule has 0 saturated heterocycles. The number of fused-ring (bicyclic) bond motifs is 1. The number of aryl methyl sites for hydroxylation is 1. The van der Waals surface area contributed by atoms with E-state index in [1.165, 1.54) is 0 Å². The summed E-state index contributed by atoms with van der Waals surface area (Å²) in [6.45, 7) is 8.63. The summed E-state index contributed by atoms with van der Waals surface area (Å²) in [6.07, 6.45) is 1.57. The van der Waals surface area contributed by atoms with Gasteiger partial charge in [-0.1, -0.05) is 13.3 Å². The highest BCUT2D eigenvalue weighted by atomic mass is 16.6. The van der Waals surface area contributed by atoms with Gasteiger partial charge in [-0.15, -0.1) is 0 Å². The molecule has 0 fully saturated rings. The molecule has 1 aliphatic heterocycles. The first-order chi connectivity index (χ1) is 10.4. The fourth-order valence-electron chi connectivity index (χ4n) is 2.45. The number of nitrogens with zero attached hydrogens (tertiary/aromatic N) is 1. The minimum absolute atomic E-state index is 0.359. The van der Waals surface area contributed by atoms with E-state index >= 15 is 0 Å². The number of hydrogen-bond donors (Lipinski definition) is 0. The Morgan fingerprint density at radius 3 is 2.68 bits per heavy atom. The summed E-state index contributed by atoms with van der Waals surface area (Å²) in [4.78, 5) is 14.0. The van der Waals surface area contributed by atoms with Gasteiger partial charge in [-0.25, -0.2) is 4.79 Å². The zero-order chi connectivity index (χ0) is 16.3. The van der Waals surface area contributed by atoms with E-state index in [0.29, 0.717) is 24.6 Å². The van der Waals surface area contributed by atoms with Gasteiger partial charge in [0.05, 0.1) is 19.3 Å². The highest BCUT2D eigenvalue weighted by molar-refractivity contribution is 5.91. The number of carbonyl (C=O) groups excluding carboxylic acids is 1. The first-order valence-corrected chi connectivity index (χ1v) is 7.70. The van der Waals surface area contributed by atoms with Crippen LogP contribution >= 0.6 is 0 Å². The topological polar surface area (TPSA) is 48.0 Å². The molecule has 0 radical (unpaired) electrons. The molecule has 0 bridgehead atoms. The van der Waals surface area contributed by atoms with Crippen LogP contribution in [0.5, 0.6) is 11.5 Å². The Morgan fingerprint density at radius 1 is 1.36 bits per heavy atom. The second kappa shape index (κ2) is 6.46. The van der Waals surface area contributed by atoms with Crippen molar-refractivity contribution in [2.45, 2.75) is 46.1 Å². The van der Waals surface area contributed by atoms with Crippen LogP contribution < -0.4 is 14.4 Å². The number of ether oxygens (including phenoxy) is 3. The third-order valence-electron chi connectivity index (χ3n) is 3.36. The summed E-state index contributed by atoms with van der Waals surface area (Å²) in [5.41, 5.74) is 1.27. The van der Waals surface area contributed by atoms with E-state index in [-0.39, 0.29) is 6.09 Å². The van der Waals surface area contributed by atoms with E-state index in [1.54, 1.807) is 12.0 Å². The fraction of sp³-hybridized carbons (Fsp3) is 0.588. The van der Waals surface area contributed by atoms with Gasteiger partial charge in [-0.3, -0.25) is 4.90 Å². The average molecular weight is 307 g/mol. The molecular weight excluding hydrogens is 282 g/mol. The van der Waals surface area contributed by atoms with Gasteiger partial charge in [0.2, 0.25) is 0 Å². The van der Waals surface area contributed by atoms with Crippen LogP contribution in [0.1, 0.15) is 39.7 Å². The second-order valence-corrected chi connectivity index (χ2v) is 6.36. The highest BCUT2D eigenvalue weighted by Gasteiger charge is 2.29. The lowest BCUT2D eigenvalue weighted by atomic mass is 10.1. The monoisotopic (exact) mass is 307 g/mol. The van der Waals surface area contributed by atoms with Crippen LogP contribution in [0, 0.1) is 0 Å². The normalized spacial score (nSPS) is 14.1. The van der Waals surface area contributed by atoms with Gasteiger partial charge in [-0.2, -0.15) is 0 Å². The smallest absolute Gasteiger partial charge is 0.415 e. The summed E-state index contributed by atoms with van der Waals surface area (Å²) in [5, 5.41) is 0. The molecule has 2 rings (SSSR count). The number of hydrogen-bond acceptors (Lipinski definition) is 4. The van der Waals surface area contributed by atoms with Crippen molar-refractivity contribution in [3.63, 3.8) is 0 Å². The Morgan fingerprint density at radius 2 is 2.09 bits per heavy atom. The van der Waals surface area contributed by atoms with Crippen molar-refractivity contribution in [1.82, 2.24) is 0 Å². The molecule has 0 aromatic heterocycles. The van der Waals surface area contributed by atoms with Crippen LogP contribution in [0.4, 0.5) is 10.5 Å². The van der Waals surface area contributed by atoms with Crippen molar-refractivity contribution in [3.05, 3.63) is 17.7 Å². The van der Waals surface area contributed by atoms with Gasteiger partial charge in [0.1, 0.15) is 23.7 Å². The van der Waals surface area contributed by atoms with E-state index in [1.807, 2.05) is 32.9 Å². The van der Waals surface area contributed by atoms with E-state index in [4.69, 9.17) is 14.2 Å². The first-order valence-electron chi connectivity index (χ1n) is 7.70. The Labute approximate surface area is 132 Å². The second-order valence-electron chi connectivity index (χ2n) is 6.36. The molecule has 1 amide bonds. The third kappa shape index (κ3) is 3.64. The number of anilines is 1. The average Bonchev–Trinajstić information content (AvgIpc) is 2.44. The quantitative estimate of drug-likeness (QED) is 0.852. The van der Waals surface area contributed by atoms with E-state index < -0.39 is 5.60 Å². The van der Waals surface area contributed by atoms with Crippen LogP contribution in [-0.4, -0.2) is 32.0 Å². The van der Waals surface area contributed by atoms with Crippen molar-refractivity contribution >= 4 is 11.8 Å². The molecule has 1 aliphatic rings. The molecule has 5 heteroatoms. The Balaban J connectivity index is 2.35. The molecule has 1 heterocycles. The number of methoxy groups -OCH3 is 1. The largest absolute Gasteiger partial charge is 0.496 e. The third-order valence-corrected chi connectivity index (χ3v) is 3.36. The number of amides is 1. The first kappa shape index (κ1) is 16.5. The van der Waals surface area contributed by atoms with Gasteiger partial charge in [0.15, 0.2) is 0 Å². The molecule has 1 aromatic rings. The van der Waals surface area contributed by atoms with Gasteiger partial charge in [0, 0.05) is 6.07 Å². The van der Waals surface area contributed by atoms with Gasteiger partial charge in [0.25, 0.3) is 0 Å². The summed E-state index contributed by atoms with van der Waals surface area (Å²) in [7, 11) is 1.64. The molecule has 1 aromatic carbocycles. The number of rotatable bonds is 3. The molecule has 5 nitrogen and oxygen atoms in total. The van der Waals surface area contributed by atoms with Crippen LogP contribution in [-0.2, 0) is 11.2 Å². The molecule has 0 atom stereocenters. The Bertz CT molecular complexity index is 548. The molecule has 22 heavy (non-hydrogen) atoms. The van der Waals surface area contributed by atoms with Crippen LogP contribution in [0.3, 0.4) is 0 Å². The van der Waals surface area contributed by atoms with E-state index in [2.05, 4.69) is 6.92 Å². The van der Waals surface area contributed by atoms with E-state index in [0.717, 1.165) is 24.2 Å². The Hall–Kier alpha value is -1.91. The Kier molecular flexibility index (Phi) is 4.84. The summed E-state index contributed by atoms with van der Waals surface area (Å²) in [6, 6.07) is 3.83. The maximum atomic E-state index is 12.4. The zero-order valence-corrected chi connectivity index (χ0v) is 14.1. The lowest BCUT2D eigenvalue weighted by Gasteiger charge is -2.32. The van der Waals surface area contributed by atoms with Crippen LogP contribution in [0.25, 0.3) is 0 Å². The van der Waals surface area contributed by atoms with E-state index in [9.17, 15) is 4.79 Å². The standard InChI is InChI=1S/C17H25NO4/c1-6-7-12-10-15-13(11-14(12)20-5)18(8-9-21-15)16(19)22-17(2,3)4/h10-11H,6-9H2,1-5H3. The van der Waals surface area contributed by atoms with Gasteiger partial charge >= 0.3 is 6.09 Å². The summed E-state index contributed by atoms with van der Waals surface area (Å²) in [5.74, 6) is 1.49. The highest BCUT2D eigenvalue weighted by Crippen LogP contribution is 2.38. The van der Waals surface area contributed by atoms with Crippen molar-refractivity contribution < 1.29 is 19.0 Å². The summed E-state index contributed by atoms with van der Waals surface area (Å²) < 4.78 is 16.6. The molecule has 0 aliphatic carbocycles. The number of benzene rings is 1. The zero-order valence-electron chi connectivity index (χ0n) is 14.1. The van der Waals surface area contributed by atoms with Crippen molar-refractivity contribution in [2.24, 2.45) is 0 Å². The minimum atomic E-state index is -0.526. The predicted molar refractivity (Wildman–Crippen MR) is 86.1 cm³/mol. The van der Waals surface area contributed by atoms with Crippen LogP contribution in [0.2, 0.25) is 0 Å². The number of carbonyl (C=O) groups is 1. The van der Waals surface area contributed by atoms with Crippen molar-refractivity contribution in [3.8, 4) is 11.5 Å². The maximum absolute atomic E-state index is 12.4. The van der Waals surface area contributed by atoms with Crippen molar-refractivity contribution in [2.75, 3.05) is 25.2 Å². The molecule has 122 valence electrons. The SMILES string of the molecule is CCCc1cc2c(cc1OC)N(C(=O)OC(C)(C)C)CCO2. The molecular formula is C17H25NO4. The molecule has 0 spiro atoms. The fourth-order valence-corrected chi connectivity index (χ4v) is 2.45. The lowest BCUT2D eigenvalue weighted by molar-refractivity contribution is 0.0567. The lowest BCUT2D eigenvalue weighted by Crippen LogP contribution is -2.41. The van der Waals surface area contributed by atoms with Gasteiger partial charge < -0.3 is 14.2 Å². The van der Waals surface area contributed by atoms with Gasteiger partial charge in [-0.05, 0) is 38.8 Å².